The number of aromatic nitrogens is 1. The van der Waals surface area contributed by atoms with Gasteiger partial charge >= 0.3 is 0 Å². The standard InChI is InChI=1S/C17H17BrFN3S/c18-13-5-6-15(14(19)10-13)21-16(23)22-17(7-1-2-8-17)12-4-3-9-20-11-12/h3-6,9-11H,1-2,7-8H2,(H2,21,22,23). The van der Waals surface area contributed by atoms with Gasteiger partial charge in [0.05, 0.1) is 11.2 Å². The summed E-state index contributed by atoms with van der Waals surface area (Å²) in [4.78, 5) is 4.22. The average Bonchev–Trinajstić information content (AvgIpc) is 3.01. The fourth-order valence-electron chi connectivity index (χ4n) is 3.07. The van der Waals surface area contributed by atoms with Crippen molar-refractivity contribution in [1.82, 2.24) is 10.3 Å². The van der Waals surface area contributed by atoms with Gasteiger partial charge in [-0.1, -0.05) is 34.8 Å². The summed E-state index contributed by atoms with van der Waals surface area (Å²) in [6.45, 7) is 0. The first-order chi connectivity index (χ1) is 11.1. The Morgan fingerprint density at radius 2 is 2.04 bits per heavy atom. The minimum absolute atomic E-state index is 0.218. The second-order valence-electron chi connectivity index (χ2n) is 5.73. The number of halogens is 2. The molecule has 0 bridgehead atoms. The average molecular weight is 394 g/mol. The Bertz CT molecular complexity index is 702. The van der Waals surface area contributed by atoms with E-state index in [4.69, 9.17) is 12.2 Å². The van der Waals surface area contributed by atoms with E-state index >= 15 is 0 Å². The Kier molecular flexibility index (Phi) is 4.92. The number of nitrogens with one attached hydrogen (secondary N) is 2. The van der Waals surface area contributed by atoms with Crippen LogP contribution in [0.4, 0.5) is 10.1 Å². The molecule has 0 spiro atoms. The highest BCUT2D eigenvalue weighted by Gasteiger charge is 2.36. The van der Waals surface area contributed by atoms with Crippen LogP contribution < -0.4 is 10.6 Å². The van der Waals surface area contributed by atoms with Gasteiger partial charge in [0.15, 0.2) is 5.11 Å². The van der Waals surface area contributed by atoms with Gasteiger partial charge in [-0.05, 0) is 54.9 Å². The molecule has 3 rings (SSSR count). The summed E-state index contributed by atoms with van der Waals surface area (Å²) in [5, 5.41) is 6.79. The number of hydrogen-bond acceptors (Lipinski definition) is 2. The summed E-state index contributed by atoms with van der Waals surface area (Å²) in [5.74, 6) is -0.342. The van der Waals surface area contributed by atoms with E-state index in [2.05, 4.69) is 37.6 Å². The quantitative estimate of drug-likeness (QED) is 0.738. The van der Waals surface area contributed by atoms with Gasteiger partial charge in [0, 0.05) is 16.9 Å². The van der Waals surface area contributed by atoms with Gasteiger partial charge in [-0.15, -0.1) is 0 Å². The Labute approximate surface area is 148 Å². The molecule has 1 saturated carbocycles. The van der Waals surface area contributed by atoms with Crippen LogP contribution in [-0.4, -0.2) is 10.1 Å². The lowest BCUT2D eigenvalue weighted by molar-refractivity contribution is 0.407. The van der Waals surface area contributed by atoms with E-state index in [-0.39, 0.29) is 11.4 Å². The molecule has 3 nitrogen and oxygen atoms in total. The fourth-order valence-corrected chi connectivity index (χ4v) is 3.71. The van der Waals surface area contributed by atoms with E-state index in [9.17, 15) is 4.39 Å². The lowest BCUT2D eigenvalue weighted by Crippen LogP contribution is -2.45. The highest BCUT2D eigenvalue weighted by Crippen LogP contribution is 2.38. The van der Waals surface area contributed by atoms with E-state index < -0.39 is 0 Å². The number of benzene rings is 1. The van der Waals surface area contributed by atoms with Gasteiger partial charge in [0.1, 0.15) is 5.82 Å². The van der Waals surface area contributed by atoms with E-state index in [1.165, 1.54) is 6.07 Å². The lowest BCUT2D eigenvalue weighted by atomic mass is 9.89. The van der Waals surface area contributed by atoms with Crippen LogP contribution in [0.3, 0.4) is 0 Å². The molecule has 1 aromatic carbocycles. The number of nitrogens with zero attached hydrogens (tertiary/aromatic N) is 1. The minimum atomic E-state index is -0.342. The van der Waals surface area contributed by atoms with Gasteiger partial charge in [0.2, 0.25) is 0 Å². The smallest absolute Gasteiger partial charge is 0.171 e. The maximum Gasteiger partial charge on any atom is 0.171 e. The highest BCUT2D eigenvalue weighted by atomic mass is 79.9. The molecular formula is C17H17BrFN3S. The number of thiocarbonyl (C=S) groups is 1. The van der Waals surface area contributed by atoms with Crippen LogP contribution >= 0.6 is 28.1 Å². The summed E-state index contributed by atoms with van der Waals surface area (Å²) in [6.07, 6.45) is 7.89. The number of anilines is 1. The molecule has 6 heteroatoms. The van der Waals surface area contributed by atoms with Crippen LogP contribution in [0, 0.1) is 5.82 Å². The molecular weight excluding hydrogens is 377 g/mol. The second-order valence-corrected chi connectivity index (χ2v) is 7.06. The van der Waals surface area contributed by atoms with Crippen LogP contribution in [-0.2, 0) is 5.54 Å². The van der Waals surface area contributed by atoms with E-state index in [1.54, 1.807) is 18.3 Å². The van der Waals surface area contributed by atoms with E-state index in [0.717, 1.165) is 31.2 Å². The molecule has 0 unspecified atom stereocenters. The molecule has 120 valence electrons. The van der Waals surface area contributed by atoms with Gasteiger partial charge in [-0.25, -0.2) is 4.39 Å². The van der Waals surface area contributed by atoms with Crippen LogP contribution in [0.1, 0.15) is 31.2 Å². The topological polar surface area (TPSA) is 37.0 Å². The van der Waals surface area contributed by atoms with E-state index in [0.29, 0.717) is 15.3 Å². The zero-order chi connectivity index (χ0) is 16.3. The Morgan fingerprint density at radius 3 is 2.70 bits per heavy atom. The molecule has 0 saturated heterocycles. The van der Waals surface area contributed by atoms with Crippen molar-refractivity contribution in [2.24, 2.45) is 0 Å². The minimum Gasteiger partial charge on any atom is -0.353 e. The summed E-state index contributed by atoms with van der Waals surface area (Å²) in [6, 6.07) is 8.85. The van der Waals surface area contributed by atoms with Crippen molar-refractivity contribution in [2.45, 2.75) is 31.2 Å². The van der Waals surface area contributed by atoms with Crippen LogP contribution in [0.25, 0.3) is 0 Å². The lowest BCUT2D eigenvalue weighted by Gasteiger charge is -2.32. The largest absolute Gasteiger partial charge is 0.353 e. The Balaban J connectivity index is 1.77. The first-order valence-electron chi connectivity index (χ1n) is 7.54. The molecule has 1 aromatic heterocycles. The van der Waals surface area contributed by atoms with Crippen molar-refractivity contribution in [1.29, 1.82) is 0 Å². The summed E-state index contributed by atoms with van der Waals surface area (Å²) in [7, 11) is 0. The predicted molar refractivity (Wildman–Crippen MR) is 97.8 cm³/mol. The predicted octanol–water partition coefficient (Wildman–Crippen LogP) is 4.74. The number of rotatable bonds is 3. The van der Waals surface area contributed by atoms with E-state index in [1.807, 2.05) is 12.3 Å². The molecule has 0 radical (unpaired) electrons. The normalized spacial score (nSPS) is 16.1. The summed E-state index contributed by atoms with van der Waals surface area (Å²) in [5.41, 5.74) is 1.27. The van der Waals surface area contributed by atoms with Crippen molar-refractivity contribution in [2.75, 3.05) is 5.32 Å². The Morgan fingerprint density at radius 1 is 1.26 bits per heavy atom. The third kappa shape index (κ3) is 3.70. The van der Waals surface area contributed by atoms with Crippen molar-refractivity contribution < 1.29 is 4.39 Å². The highest BCUT2D eigenvalue weighted by molar-refractivity contribution is 9.10. The second kappa shape index (κ2) is 6.93. The molecule has 2 N–H and O–H groups in total. The zero-order valence-corrected chi connectivity index (χ0v) is 14.9. The summed E-state index contributed by atoms with van der Waals surface area (Å²) < 4.78 is 14.6. The van der Waals surface area contributed by atoms with Crippen molar-refractivity contribution in [3.8, 4) is 0 Å². The van der Waals surface area contributed by atoms with Crippen LogP contribution in [0.2, 0.25) is 0 Å². The molecule has 1 aliphatic carbocycles. The number of hydrogen-bond donors (Lipinski definition) is 2. The molecule has 0 atom stereocenters. The monoisotopic (exact) mass is 393 g/mol. The van der Waals surface area contributed by atoms with Gasteiger partial charge in [-0.2, -0.15) is 0 Å². The third-order valence-electron chi connectivity index (χ3n) is 4.20. The Hall–Kier alpha value is -1.53. The van der Waals surface area contributed by atoms with Gasteiger partial charge in [0.25, 0.3) is 0 Å². The van der Waals surface area contributed by atoms with Gasteiger partial charge < -0.3 is 10.6 Å². The molecule has 0 aliphatic heterocycles. The number of pyridine rings is 1. The molecule has 0 amide bonds. The van der Waals surface area contributed by atoms with Crippen molar-refractivity contribution in [3.05, 3.63) is 58.6 Å². The SMILES string of the molecule is Fc1cc(Br)ccc1NC(=S)NC1(c2cccnc2)CCCC1. The molecule has 2 aromatic rings. The maximum atomic E-state index is 14.0. The molecule has 1 heterocycles. The van der Waals surface area contributed by atoms with Crippen molar-refractivity contribution in [3.63, 3.8) is 0 Å². The summed E-state index contributed by atoms with van der Waals surface area (Å²) >= 11 is 8.67. The van der Waals surface area contributed by atoms with Gasteiger partial charge in [-0.3, -0.25) is 4.98 Å². The van der Waals surface area contributed by atoms with Crippen molar-refractivity contribution >= 4 is 38.9 Å². The zero-order valence-electron chi connectivity index (χ0n) is 12.5. The third-order valence-corrected chi connectivity index (χ3v) is 4.90. The first kappa shape index (κ1) is 16.3. The van der Waals surface area contributed by atoms with Crippen LogP contribution in [0.15, 0.2) is 47.2 Å². The van der Waals surface area contributed by atoms with Crippen LogP contribution in [0.5, 0.6) is 0 Å². The molecule has 1 fully saturated rings. The first-order valence-corrected chi connectivity index (χ1v) is 8.74. The maximum absolute atomic E-state index is 14.0. The molecule has 1 aliphatic rings. The fraction of sp³-hybridized carbons (Fsp3) is 0.294. The molecule has 23 heavy (non-hydrogen) atoms.